The van der Waals surface area contributed by atoms with Crippen LogP contribution in [0.25, 0.3) is 11.5 Å². The van der Waals surface area contributed by atoms with Gasteiger partial charge >= 0.3 is 0 Å². The fraction of sp³-hybridized carbons (Fsp3) is 0.519. The number of morpholine rings is 1. The molecule has 186 valence electrons. The minimum Gasteiger partial charge on any atom is -0.380 e. The van der Waals surface area contributed by atoms with Crippen LogP contribution in [0.5, 0.6) is 0 Å². The maximum atomic E-state index is 12.4. The quantitative estimate of drug-likeness (QED) is 0.555. The molecule has 2 saturated heterocycles. The molecule has 0 amide bonds. The maximum absolute atomic E-state index is 12.4. The Kier molecular flexibility index (Phi) is 6.48. The number of ether oxygens (including phenoxy) is 1. The molecule has 0 saturated carbocycles. The lowest BCUT2D eigenvalue weighted by Crippen LogP contribution is -2.63. The van der Waals surface area contributed by atoms with Crippen molar-refractivity contribution >= 4 is 0 Å². The van der Waals surface area contributed by atoms with Gasteiger partial charge in [-0.2, -0.15) is 4.98 Å². The Bertz CT molecular complexity index is 1150. The Hall–Kier alpha value is -2.65. The average Bonchev–Trinajstić information content (AvgIpc) is 3.32. The molecule has 35 heavy (non-hydrogen) atoms. The molecule has 0 aliphatic carbocycles. The summed E-state index contributed by atoms with van der Waals surface area (Å²) in [5, 5.41) is 16.6. The zero-order chi connectivity index (χ0) is 24.6. The van der Waals surface area contributed by atoms with Gasteiger partial charge < -0.3 is 19.3 Å². The van der Waals surface area contributed by atoms with Crippen molar-refractivity contribution in [3.63, 3.8) is 0 Å². The monoisotopic (exact) mass is 477 g/mol. The van der Waals surface area contributed by atoms with Crippen molar-refractivity contribution in [2.45, 2.75) is 38.8 Å². The van der Waals surface area contributed by atoms with Crippen molar-refractivity contribution in [2.24, 2.45) is 5.41 Å². The number of hydrogen-bond donors (Lipinski definition) is 1. The molecule has 2 aliphatic heterocycles. The highest BCUT2D eigenvalue weighted by Gasteiger charge is 2.55. The van der Waals surface area contributed by atoms with Gasteiger partial charge in [0.25, 0.3) is 5.89 Å². The molecular formula is C27H35N5O3. The predicted molar refractivity (Wildman–Crippen MR) is 133 cm³/mol. The van der Waals surface area contributed by atoms with Crippen LogP contribution in [0.4, 0.5) is 0 Å². The van der Waals surface area contributed by atoms with Crippen LogP contribution in [-0.4, -0.2) is 76.5 Å². The molecule has 2 aliphatic rings. The zero-order valence-corrected chi connectivity index (χ0v) is 21.1. The van der Waals surface area contributed by atoms with Crippen LogP contribution < -0.4 is 0 Å². The Labute approximate surface area is 206 Å². The molecule has 2 fully saturated rings. The van der Waals surface area contributed by atoms with Crippen LogP contribution in [0.15, 0.2) is 47.2 Å². The second-order valence-electron chi connectivity index (χ2n) is 10.6. The highest BCUT2D eigenvalue weighted by atomic mass is 16.5. The van der Waals surface area contributed by atoms with E-state index in [-0.39, 0.29) is 5.41 Å². The summed E-state index contributed by atoms with van der Waals surface area (Å²) in [5.74, 6) is 1.48. The third-order valence-electron chi connectivity index (χ3n) is 7.45. The number of aliphatic hydroxyl groups is 1. The van der Waals surface area contributed by atoms with E-state index in [2.05, 4.69) is 77.0 Å². The summed E-state index contributed by atoms with van der Waals surface area (Å²) in [7, 11) is 2.08. The van der Waals surface area contributed by atoms with Crippen LogP contribution in [0.1, 0.15) is 49.2 Å². The molecular weight excluding hydrogens is 442 g/mol. The van der Waals surface area contributed by atoms with Gasteiger partial charge in [-0.1, -0.05) is 50.2 Å². The molecule has 1 N–H and O–H groups in total. The van der Waals surface area contributed by atoms with E-state index in [1.54, 1.807) is 12.4 Å². The lowest BCUT2D eigenvalue weighted by atomic mass is 9.62. The van der Waals surface area contributed by atoms with Gasteiger partial charge in [0.1, 0.15) is 5.60 Å². The SMILES string of the molecule is CC(C)c1ccc([C@](O)(c2cncc(-c3nc(CN4CCOCC4)no3)c2)C2(C)CN(C)C2)cc1. The molecule has 1 atom stereocenters. The third kappa shape index (κ3) is 4.51. The molecule has 1 aromatic carbocycles. The summed E-state index contributed by atoms with van der Waals surface area (Å²) in [4.78, 5) is 13.6. The minimum atomic E-state index is -1.21. The lowest BCUT2D eigenvalue weighted by Gasteiger charge is -2.55. The van der Waals surface area contributed by atoms with Crippen molar-refractivity contribution in [3.8, 4) is 11.5 Å². The fourth-order valence-corrected chi connectivity index (χ4v) is 5.50. The summed E-state index contributed by atoms with van der Waals surface area (Å²) in [5.41, 5.74) is 1.98. The zero-order valence-electron chi connectivity index (χ0n) is 21.1. The van der Waals surface area contributed by atoms with Gasteiger partial charge in [-0.15, -0.1) is 0 Å². The van der Waals surface area contributed by atoms with Gasteiger partial charge in [0.05, 0.1) is 25.3 Å². The molecule has 5 rings (SSSR count). The van der Waals surface area contributed by atoms with Crippen molar-refractivity contribution in [1.82, 2.24) is 24.9 Å². The van der Waals surface area contributed by atoms with E-state index in [0.29, 0.717) is 29.7 Å². The van der Waals surface area contributed by atoms with Crippen LogP contribution in [0.2, 0.25) is 0 Å². The van der Waals surface area contributed by atoms with E-state index in [9.17, 15) is 5.11 Å². The van der Waals surface area contributed by atoms with E-state index in [1.165, 1.54) is 5.56 Å². The predicted octanol–water partition coefficient (Wildman–Crippen LogP) is 3.27. The molecule has 0 unspecified atom stereocenters. The van der Waals surface area contributed by atoms with Crippen LogP contribution in [-0.2, 0) is 16.9 Å². The van der Waals surface area contributed by atoms with E-state index in [0.717, 1.165) is 50.5 Å². The van der Waals surface area contributed by atoms with E-state index < -0.39 is 5.60 Å². The van der Waals surface area contributed by atoms with Crippen molar-refractivity contribution in [1.29, 1.82) is 0 Å². The third-order valence-corrected chi connectivity index (χ3v) is 7.45. The largest absolute Gasteiger partial charge is 0.380 e. The highest BCUT2D eigenvalue weighted by Crippen LogP contribution is 2.50. The molecule has 8 heteroatoms. The molecule has 8 nitrogen and oxygen atoms in total. The summed E-state index contributed by atoms with van der Waals surface area (Å²) >= 11 is 0. The van der Waals surface area contributed by atoms with Crippen LogP contribution in [0, 0.1) is 5.41 Å². The van der Waals surface area contributed by atoms with Gasteiger partial charge in [0.2, 0.25) is 0 Å². The first-order valence-electron chi connectivity index (χ1n) is 12.4. The smallest absolute Gasteiger partial charge is 0.259 e. The number of benzene rings is 1. The molecule has 2 aromatic heterocycles. The maximum Gasteiger partial charge on any atom is 0.259 e. The number of likely N-dealkylation sites (tertiary alicyclic amines) is 1. The normalized spacial score (nSPS) is 20.5. The first-order valence-corrected chi connectivity index (χ1v) is 12.4. The van der Waals surface area contributed by atoms with E-state index in [1.807, 2.05) is 6.07 Å². The standard InChI is InChI=1S/C27H35N5O3/c1-19(2)20-5-7-22(8-6-20)27(33,26(3)17-31(4)18-26)23-13-21(14-28-15-23)25-29-24(30-35-25)16-32-9-11-34-12-10-32/h5-8,13-15,19,33H,9-12,16-18H2,1-4H3/t27-/m0/s1. The molecule has 4 heterocycles. The Morgan fingerprint density at radius 1 is 1.09 bits per heavy atom. The topological polar surface area (TPSA) is 87.8 Å². The lowest BCUT2D eigenvalue weighted by molar-refractivity contribution is -0.127. The van der Waals surface area contributed by atoms with Gasteiger partial charge in [0.15, 0.2) is 5.82 Å². The molecule has 0 radical (unpaired) electrons. The summed E-state index contributed by atoms with van der Waals surface area (Å²) in [6.07, 6.45) is 3.47. The molecule has 3 aromatic rings. The van der Waals surface area contributed by atoms with Crippen LogP contribution in [0.3, 0.4) is 0 Å². The average molecular weight is 478 g/mol. The molecule has 0 spiro atoms. The Morgan fingerprint density at radius 3 is 2.46 bits per heavy atom. The molecule has 0 bridgehead atoms. The van der Waals surface area contributed by atoms with E-state index >= 15 is 0 Å². The van der Waals surface area contributed by atoms with Crippen molar-refractivity contribution < 1.29 is 14.4 Å². The summed E-state index contributed by atoms with van der Waals surface area (Å²) in [6, 6.07) is 10.3. The van der Waals surface area contributed by atoms with Crippen molar-refractivity contribution in [3.05, 3.63) is 65.2 Å². The van der Waals surface area contributed by atoms with Crippen molar-refractivity contribution in [2.75, 3.05) is 46.4 Å². The minimum absolute atomic E-state index is 0.363. The number of nitrogens with zero attached hydrogens (tertiary/aromatic N) is 5. The number of hydrogen-bond acceptors (Lipinski definition) is 8. The van der Waals surface area contributed by atoms with Gasteiger partial charge in [-0.05, 0) is 30.2 Å². The summed E-state index contributed by atoms with van der Waals surface area (Å²) < 4.78 is 11.0. The number of rotatable bonds is 7. The first kappa shape index (κ1) is 24.1. The second kappa shape index (κ2) is 9.43. The van der Waals surface area contributed by atoms with Gasteiger partial charge in [0, 0.05) is 49.6 Å². The number of pyridine rings is 1. The highest BCUT2D eigenvalue weighted by molar-refractivity contribution is 5.55. The first-order chi connectivity index (χ1) is 16.8. The Morgan fingerprint density at radius 2 is 1.80 bits per heavy atom. The van der Waals surface area contributed by atoms with Gasteiger partial charge in [-0.25, -0.2) is 0 Å². The second-order valence-corrected chi connectivity index (χ2v) is 10.6. The van der Waals surface area contributed by atoms with E-state index in [4.69, 9.17) is 9.26 Å². The fourth-order valence-electron chi connectivity index (χ4n) is 5.50. The Balaban J connectivity index is 1.48. The summed E-state index contributed by atoms with van der Waals surface area (Å²) in [6.45, 7) is 11.8. The number of aromatic nitrogens is 3. The van der Waals surface area contributed by atoms with Crippen LogP contribution >= 0.6 is 0 Å². The van der Waals surface area contributed by atoms with Gasteiger partial charge in [-0.3, -0.25) is 9.88 Å².